The van der Waals surface area contributed by atoms with Gasteiger partial charge in [-0.25, -0.2) is 0 Å². The molecule has 60 valence electrons. The quantitative estimate of drug-likeness (QED) is 0.698. The Morgan fingerprint density at radius 3 is 2.55 bits per heavy atom. The van der Waals surface area contributed by atoms with Crippen LogP contribution in [0.15, 0.2) is 17.0 Å². The average molecular weight is 209 g/mol. The second-order valence-corrected chi connectivity index (χ2v) is 3.23. The highest BCUT2D eigenvalue weighted by Crippen LogP contribution is 2.33. The molecule has 0 fully saturated rings. The van der Waals surface area contributed by atoms with Gasteiger partial charge in [0, 0.05) is 5.02 Å². The molecule has 0 saturated carbocycles. The molecule has 0 aliphatic rings. The van der Waals surface area contributed by atoms with Crippen LogP contribution < -0.4 is 4.74 Å². The molecule has 1 rings (SSSR count). The molecule has 0 radical (unpaired) electrons. The summed E-state index contributed by atoms with van der Waals surface area (Å²) in [7, 11) is 1.54. The minimum absolute atomic E-state index is 0.498. The number of benzene rings is 1. The van der Waals surface area contributed by atoms with E-state index in [9.17, 15) is 0 Å². The van der Waals surface area contributed by atoms with Gasteiger partial charge in [0.2, 0.25) is 0 Å². The van der Waals surface area contributed by atoms with Crippen molar-refractivity contribution in [3.63, 3.8) is 0 Å². The van der Waals surface area contributed by atoms with Crippen LogP contribution in [0.3, 0.4) is 0 Å². The summed E-state index contributed by atoms with van der Waals surface area (Å²) in [5.74, 6) is 0.589. The van der Waals surface area contributed by atoms with E-state index in [2.05, 4.69) is 12.6 Å². The van der Waals surface area contributed by atoms with Gasteiger partial charge < -0.3 is 4.74 Å². The van der Waals surface area contributed by atoms with Crippen molar-refractivity contribution in [2.75, 3.05) is 7.11 Å². The van der Waals surface area contributed by atoms with Crippen molar-refractivity contribution in [1.29, 1.82) is 0 Å². The van der Waals surface area contributed by atoms with E-state index >= 15 is 0 Å². The van der Waals surface area contributed by atoms with Crippen molar-refractivity contribution in [2.45, 2.75) is 4.90 Å². The van der Waals surface area contributed by atoms with Crippen molar-refractivity contribution >= 4 is 35.8 Å². The Morgan fingerprint density at radius 1 is 1.36 bits per heavy atom. The summed E-state index contributed by atoms with van der Waals surface area (Å²) >= 11 is 15.6. The average Bonchev–Trinajstić information content (AvgIpc) is 1.96. The van der Waals surface area contributed by atoms with Gasteiger partial charge in [0.15, 0.2) is 0 Å². The molecule has 0 aliphatic heterocycles. The molecule has 11 heavy (non-hydrogen) atoms. The highest BCUT2D eigenvalue weighted by atomic mass is 35.5. The largest absolute Gasteiger partial charge is 0.495 e. The van der Waals surface area contributed by atoms with Gasteiger partial charge in [-0.1, -0.05) is 23.2 Å². The van der Waals surface area contributed by atoms with E-state index in [1.807, 2.05) is 0 Å². The van der Waals surface area contributed by atoms with Gasteiger partial charge in [0.05, 0.1) is 17.0 Å². The Balaban J connectivity index is 3.24. The molecule has 0 heterocycles. The number of rotatable bonds is 1. The minimum Gasteiger partial charge on any atom is -0.495 e. The molecule has 0 N–H and O–H groups in total. The van der Waals surface area contributed by atoms with Crippen molar-refractivity contribution in [2.24, 2.45) is 0 Å². The van der Waals surface area contributed by atoms with E-state index in [0.717, 1.165) is 0 Å². The lowest BCUT2D eigenvalue weighted by Crippen LogP contribution is -1.84. The molecule has 0 bridgehead atoms. The molecular weight excluding hydrogens is 203 g/mol. The van der Waals surface area contributed by atoms with Crippen LogP contribution in [0.4, 0.5) is 0 Å². The lowest BCUT2D eigenvalue weighted by Gasteiger charge is -2.04. The van der Waals surface area contributed by atoms with Crippen molar-refractivity contribution in [3.05, 3.63) is 22.2 Å². The lowest BCUT2D eigenvalue weighted by molar-refractivity contribution is 0.405. The summed E-state index contributed by atoms with van der Waals surface area (Å²) in [6, 6.07) is 3.28. The first-order chi connectivity index (χ1) is 5.15. The number of hydrogen-bond acceptors (Lipinski definition) is 2. The van der Waals surface area contributed by atoms with E-state index in [1.165, 1.54) is 0 Å². The molecule has 0 atom stereocenters. The van der Waals surface area contributed by atoms with E-state index < -0.39 is 0 Å². The van der Waals surface area contributed by atoms with Crippen LogP contribution in [0.2, 0.25) is 10.0 Å². The molecule has 0 aliphatic carbocycles. The molecule has 0 unspecified atom stereocenters. The second-order valence-electron chi connectivity index (χ2n) is 1.94. The first-order valence-corrected chi connectivity index (χ1v) is 4.07. The molecule has 0 saturated heterocycles. The predicted octanol–water partition coefficient (Wildman–Crippen LogP) is 3.29. The number of ether oxygens (including phenoxy) is 1. The summed E-state index contributed by atoms with van der Waals surface area (Å²) in [5, 5.41) is 1.04. The van der Waals surface area contributed by atoms with Gasteiger partial charge in [-0.2, -0.15) is 0 Å². The topological polar surface area (TPSA) is 9.23 Å². The molecule has 1 aromatic rings. The van der Waals surface area contributed by atoms with Crippen LogP contribution in [0.1, 0.15) is 0 Å². The Labute approximate surface area is 80.7 Å². The summed E-state index contributed by atoms with van der Waals surface area (Å²) < 4.78 is 4.96. The Morgan fingerprint density at radius 2 is 2.00 bits per heavy atom. The number of halogens is 2. The van der Waals surface area contributed by atoms with Gasteiger partial charge in [0.25, 0.3) is 0 Å². The molecule has 1 nitrogen and oxygen atoms in total. The summed E-state index contributed by atoms with van der Waals surface area (Å²) in [6.07, 6.45) is 0. The maximum absolute atomic E-state index is 5.76. The summed E-state index contributed by atoms with van der Waals surface area (Å²) in [4.78, 5) is 0.610. The van der Waals surface area contributed by atoms with Crippen LogP contribution in [-0.4, -0.2) is 7.11 Å². The number of thiol groups is 1. The van der Waals surface area contributed by atoms with Gasteiger partial charge in [-0.3, -0.25) is 0 Å². The van der Waals surface area contributed by atoms with Gasteiger partial charge in [-0.05, 0) is 12.1 Å². The monoisotopic (exact) mass is 208 g/mol. The fraction of sp³-hybridized carbons (Fsp3) is 0.143. The van der Waals surface area contributed by atoms with E-state index in [1.54, 1.807) is 19.2 Å². The summed E-state index contributed by atoms with van der Waals surface area (Å²) in [6.45, 7) is 0. The van der Waals surface area contributed by atoms with Crippen LogP contribution in [0.25, 0.3) is 0 Å². The number of methoxy groups -OCH3 is 1. The molecule has 0 spiro atoms. The molecule has 0 amide bonds. The predicted molar refractivity (Wildman–Crippen MR) is 50.3 cm³/mol. The fourth-order valence-electron chi connectivity index (χ4n) is 0.698. The molecule has 0 aromatic heterocycles. The Hall–Kier alpha value is -0.0500. The highest BCUT2D eigenvalue weighted by molar-refractivity contribution is 7.80. The Kier molecular flexibility index (Phi) is 2.93. The van der Waals surface area contributed by atoms with Gasteiger partial charge >= 0.3 is 0 Å². The SMILES string of the molecule is COc1cc(Cl)cc(Cl)c1S. The standard InChI is InChI=1S/C7H6Cl2OS/c1-10-6-3-4(8)2-5(9)7(6)11/h2-3,11H,1H3. The van der Waals surface area contributed by atoms with Crippen LogP contribution in [-0.2, 0) is 0 Å². The van der Waals surface area contributed by atoms with Crippen LogP contribution >= 0.6 is 35.8 Å². The van der Waals surface area contributed by atoms with E-state index in [0.29, 0.717) is 20.7 Å². The van der Waals surface area contributed by atoms with Gasteiger partial charge in [-0.15, -0.1) is 12.6 Å². The van der Waals surface area contributed by atoms with Crippen LogP contribution in [0, 0.1) is 0 Å². The number of hydrogen-bond donors (Lipinski definition) is 1. The van der Waals surface area contributed by atoms with E-state index in [4.69, 9.17) is 27.9 Å². The maximum atomic E-state index is 5.76. The van der Waals surface area contributed by atoms with Crippen molar-refractivity contribution in [1.82, 2.24) is 0 Å². The third kappa shape index (κ3) is 1.95. The fourth-order valence-corrected chi connectivity index (χ4v) is 1.39. The Bertz CT molecular complexity index is 275. The van der Waals surface area contributed by atoms with Gasteiger partial charge in [0.1, 0.15) is 5.75 Å². The maximum Gasteiger partial charge on any atom is 0.135 e. The smallest absolute Gasteiger partial charge is 0.135 e. The zero-order valence-electron chi connectivity index (χ0n) is 5.77. The zero-order chi connectivity index (χ0) is 8.43. The van der Waals surface area contributed by atoms with Crippen LogP contribution in [0.5, 0.6) is 5.75 Å². The first-order valence-electron chi connectivity index (χ1n) is 2.87. The van der Waals surface area contributed by atoms with Crippen molar-refractivity contribution < 1.29 is 4.74 Å². The zero-order valence-corrected chi connectivity index (χ0v) is 8.17. The third-order valence-corrected chi connectivity index (χ3v) is 2.32. The minimum atomic E-state index is 0.498. The summed E-state index contributed by atoms with van der Waals surface area (Å²) in [5.41, 5.74) is 0. The highest BCUT2D eigenvalue weighted by Gasteiger charge is 2.04. The first kappa shape index (κ1) is 9.04. The molecule has 4 heteroatoms. The molecular formula is C7H6Cl2OS. The second kappa shape index (κ2) is 3.57. The van der Waals surface area contributed by atoms with Crippen molar-refractivity contribution in [3.8, 4) is 5.75 Å². The normalized spacial score (nSPS) is 9.82. The van der Waals surface area contributed by atoms with E-state index in [-0.39, 0.29) is 0 Å². The lowest BCUT2D eigenvalue weighted by atomic mass is 10.3. The third-order valence-electron chi connectivity index (χ3n) is 1.21. The molecule has 1 aromatic carbocycles.